The van der Waals surface area contributed by atoms with Crippen molar-refractivity contribution in [3.05, 3.63) is 209 Å². The van der Waals surface area contributed by atoms with Gasteiger partial charge in [0.15, 0.2) is 0 Å². The van der Waals surface area contributed by atoms with Crippen LogP contribution in [0.2, 0.25) is 0 Å². The van der Waals surface area contributed by atoms with Gasteiger partial charge in [-0.05, 0) is 91.0 Å². The normalized spacial score (nSPS) is 11.1. The Morgan fingerprint density at radius 1 is 0.370 bits per heavy atom. The highest BCUT2D eigenvalue weighted by Gasteiger charge is 2.18. The SMILES string of the molecule is O=c1oc2cc(N(c3ccccc3)c3ccccc3)ccc2cc1-c1cncc(-c2cc3ccc(N(c4ccccc4)c4ccccc4)cc3oc2=O)c1. The number of nitrogens with zero attached hydrogens (tertiary/aromatic N) is 3. The minimum Gasteiger partial charge on any atom is -0.422 e. The third kappa shape index (κ3) is 6.20. The largest absolute Gasteiger partial charge is 0.422 e. The van der Waals surface area contributed by atoms with Crippen LogP contribution in [0.1, 0.15) is 0 Å². The molecule has 0 aliphatic heterocycles. The Kier molecular flexibility index (Phi) is 8.34. The summed E-state index contributed by atoms with van der Waals surface area (Å²) in [6, 6.07) is 57.2. The number of hydrogen-bond acceptors (Lipinski definition) is 7. The minimum absolute atomic E-state index is 0.337. The van der Waals surface area contributed by atoms with Crippen LogP contribution < -0.4 is 21.1 Å². The summed E-state index contributed by atoms with van der Waals surface area (Å²) in [5, 5.41) is 1.50. The highest BCUT2D eigenvalue weighted by Crippen LogP contribution is 2.38. The summed E-state index contributed by atoms with van der Waals surface area (Å²) in [4.78, 5) is 35.7. The van der Waals surface area contributed by atoms with E-state index >= 15 is 0 Å². The molecule has 0 fully saturated rings. The fourth-order valence-corrected chi connectivity index (χ4v) is 6.82. The van der Waals surface area contributed by atoms with Gasteiger partial charge in [0.1, 0.15) is 11.2 Å². The van der Waals surface area contributed by atoms with Gasteiger partial charge in [0.05, 0.1) is 11.1 Å². The summed E-state index contributed by atoms with van der Waals surface area (Å²) in [6.45, 7) is 0. The number of pyridine rings is 1. The summed E-state index contributed by atoms with van der Waals surface area (Å²) in [5.74, 6) is 0. The summed E-state index contributed by atoms with van der Waals surface area (Å²) < 4.78 is 11.9. The molecule has 54 heavy (non-hydrogen) atoms. The molecule has 6 aromatic carbocycles. The molecule has 0 bridgehead atoms. The number of rotatable bonds is 8. The van der Waals surface area contributed by atoms with E-state index in [0.29, 0.717) is 33.4 Å². The number of benzene rings is 6. The first kappa shape index (κ1) is 32.4. The molecule has 258 valence electrons. The molecule has 0 aliphatic carbocycles. The Morgan fingerprint density at radius 3 is 1.07 bits per heavy atom. The summed E-state index contributed by atoms with van der Waals surface area (Å²) in [6.07, 6.45) is 3.19. The van der Waals surface area contributed by atoms with Gasteiger partial charge in [0.2, 0.25) is 0 Å². The van der Waals surface area contributed by atoms with Gasteiger partial charge in [-0.25, -0.2) is 9.59 Å². The number of para-hydroxylation sites is 4. The smallest absolute Gasteiger partial charge is 0.344 e. The van der Waals surface area contributed by atoms with Gasteiger partial charge in [-0.1, -0.05) is 72.8 Å². The van der Waals surface area contributed by atoms with Crippen molar-refractivity contribution in [1.82, 2.24) is 4.98 Å². The van der Waals surface area contributed by atoms with Crippen LogP contribution in [-0.4, -0.2) is 4.98 Å². The molecule has 9 rings (SSSR count). The van der Waals surface area contributed by atoms with E-state index in [4.69, 9.17) is 8.83 Å². The molecule has 0 amide bonds. The average molecular weight is 702 g/mol. The zero-order valence-corrected chi connectivity index (χ0v) is 28.9. The molecule has 0 saturated carbocycles. The fraction of sp³-hybridized carbons (Fsp3) is 0. The Morgan fingerprint density at radius 2 is 0.722 bits per heavy atom. The Bertz CT molecular complexity index is 2600. The lowest BCUT2D eigenvalue weighted by Gasteiger charge is -2.25. The van der Waals surface area contributed by atoms with Crippen LogP contribution in [0, 0.1) is 0 Å². The second-order valence-corrected chi connectivity index (χ2v) is 12.8. The van der Waals surface area contributed by atoms with E-state index in [9.17, 15) is 9.59 Å². The molecule has 9 aromatic rings. The fourth-order valence-electron chi connectivity index (χ4n) is 6.82. The molecule has 0 spiro atoms. The second-order valence-electron chi connectivity index (χ2n) is 12.8. The van der Waals surface area contributed by atoms with Crippen molar-refractivity contribution < 1.29 is 8.83 Å². The quantitative estimate of drug-likeness (QED) is 0.146. The monoisotopic (exact) mass is 701 g/mol. The van der Waals surface area contributed by atoms with Crippen LogP contribution in [0.4, 0.5) is 34.1 Å². The summed E-state index contributed by atoms with van der Waals surface area (Å²) >= 11 is 0. The number of hydrogen-bond donors (Lipinski definition) is 0. The van der Waals surface area contributed by atoms with E-state index in [0.717, 1.165) is 44.9 Å². The number of anilines is 6. The second kappa shape index (κ2) is 13.9. The molecular weight excluding hydrogens is 671 g/mol. The molecule has 0 atom stereocenters. The predicted molar refractivity (Wildman–Crippen MR) is 217 cm³/mol. The lowest BCUT2D eigenvalue weighted by atomic mass is 10.0. The molecule has 0 saturated heterocycles. The first-order valence-corrected chi connectivity index (χ1v) is 17.5. The van der Waals surface area contributed by atoms with Gasteiger partial charge in [-0.3, -0.25) is 4.98 Å². The van der Waals surface area contributed by atoms with Crippen LogP contribution in [0.25, 0.3) is 44.2 Å². The first-order valence-electron chi connectivity index (χ1n) is 17.5. The Labute approximate surface area is 310 Å². The first-order chi connectivity index (χ1) is 26.6. The lowest BCUT2D eigenvalue weighted by molar-refractivity contribution is 0.563. The maximum absolute atomic E-state index is 13.5. The van der Waals surface area contributed by atoms with E-state index < -0.39 is 11.3 Å². The van der Waals surface area contributed by atoms with Crippen LogP contribution >= 0.6 is 0 Å². The van der Waals surface area contributed by atoms with Crippen LogP contribution in [0.3, 0.4) is 0 Å². The molecule has 3 aromatic heterocycles. The van der Waals surface area contributed by atoms with E-state index in [1.165, 1.54) is 0 Å². The summed E-state index contributed by atoms with van der Waals surface area (Å²) in [5.41, 5.74) is 7.22. The maximum Gasteiger partial charge on any atom is 0.344 e. The zero-order valence-electron chi connectivity index (χ0n) is 28.9. The van der Waals surface area contributed by atoms with Crippen molar-refractivity contribution in [1.29, 1.82) is 0 Å². The molecule has 0 unspecified atom stereocenters. The average Bonchev–Trinajstić information content (AvgIpc) is 3.22. The lowest BCUT2D eigenvalue weighted by Crippen LogP contribution is -2.10. The molecule has 3 heterocycles. The number of aromatic nitrogens is 1. The predicted octanol–water partition coefficient (Wildman–Crippen LogP) is 11.6. The van der Waals surface area contributed by atoms with Crippen molar-refractivity contribution in [2.24, 2.45) is 0 Å². The van der Waals surface area contributed by atoms with E-state index in [2.05, 4.69) is 14.8 Å². The van der Waals surface area contributed by atoms with Gasteiger partial charge in [-0.2, -0.15) is 0 Å². The third-order valence-corrected chi connectivity index (χ3v) is 9.37. The van der Waals surface area contributed by atoms with E-state index in [-0.39, 0.29) is 0 Å². The molecule has 0 N–H and O–H groups in total. The zero-order chi connectivity index (χ0) is 36.4. The standard InChI is InChI=1S/C47H31N3O4/c51-46-42(26-32-21-23-40(28-44(32)53-46)49(36-13-5-1-6-14-36)37-15-7-2-8-16-37)34-25-35(31-48-30-34)43-27-33-22-24-41(29-45(33)54-47(43)52)50(38-17-9-3-10-18-38)39-19-11-4-12-20-39/h1-31H. The van der Waals surface area contributed by atoms with Crippen molar-refractivity contribution in [2.75, 3.05) is 9.80 Å². The van der Waals surface area contributed by atoms with Crippen LogP contribution in [-0.2, 0) is 0 Å². The van der Waals surface area contributed by atoms with Gasteiger partial charge in [-0.15, -0.1) is 0 Å². The topological polar surface area (TPSA) is 79.8 Å². The van der Waals surface area contributed by atoms with E-state index in [1.807, 2.05) is 158 Å². The highest BCUT2D eigenvalue weighted by atomic mass is 16.4. The van der Waals surface area contributed by atoms with Crippen LogP contribution in [0.5, 0.6) is 0 Å². The van der Waals surface area contributed by atoms with Gasteiger partial charge in [0.25, 0.3) is 0 Å². The number of fused-ring (bicyclic) bond motifs is 2. The van der Waals surface area contributed by atoms with E-state index in [1.54, 1.807) is 30.6 Å². The summed E-state index contributed by atoms with van der Waals surface area (Å²) in [7, 11) is 0. The van der Waals surface area contributed by atoms with Crippen molar-refractivity contribution in [3.8, 4) is 22.3 Å². The molecule has 7 nitrogen and oxygen atoms in total. The third-order valence-electron chi connectivity index (χ3n) is 9.37. The molecular formula is C47H31N3O4. The highest BCUT2D eigenvalue weighted by molar-refractivity contribution is 5.90. The van der Waals surface area contributed by atoms with Gasteiger partial charge >= 0.3 is 11.3 Å². The van der Waals surface area contributed by atoms with Gasteiger partial charge < -0.3 is 18.6 Å². The molecule has 7 heteroatoms. The maximum atomic E-state index is 13.5. The Balaban J connectivity index is 1.06. The van der Waals surface area contributed by atoms with Crippen molar-refractivity contribution >= 4 is 56.1 Å². The van der Waals surface area contributed by atoms with Crippen molar-refractivity contribution in [2.45, 2.75) is 0 Å². The molecule has 0 radical (unpaired) electrons. The van der Waals surface area contributed by atoms with Crippen LogP contribution in [0.15, 0.2) is 207 Å². The Hall–Kier alpha value is -7.51. The minimum atomic E-state index is -0.510. The molecule has 0 aliphatic rings. The van der Waals surface area contributed by atoms with Gasteiger partial charge in [0, 0.05) is 80.6 Å². The van der Waals surface area contributed by atoms with Crippen molar-refractivity contribution in [3.63, 3.8) is 0 Å².